The number of methoxy groups -OCH3 is 1. The molecule has 4 aliphatic rings. The van der Waals surface area contributed by atoms with Crippen LogP contribution in [0.1, 0.15) is 28.2 Å². The Morgan fingerprint density at radius 2 is 1.50 bits per heavy atom. The van der Waals surface area contributed by atoms with E-state index in [1.807, 2.05) is 54.7 Å². The molecule has 8 rings (SSSR count). The number of hydrogen-bond donors (Lipinski definition) is 0. The van der Waals surface area contributed by atoms with E-state index in [1.54, 1.807) is 31.4 Å². The summed E-state index contributed by atoms with van der Waals surface area (Å²) in [6, 6.07) is 31.3. The molecule has 2 atom stereocenters. The minimum absolute atomic E-state index is 0.167. The maximum Gasteiger partial charge on any atom is 0.239 e. The van der Waals surface area contributed by atoms with Gasteiger partial charge in [-0.15, -0.1) is 0 Å². The van der Waals surface area contributed by atoms with E-state index in [0.29, 0.717) is 11.4 Å². The molecule has 1 saturated heterocycles. The second-order valence-electron chi connectivity index (χ2n) is 9.97. The van der Waals surface area contributed by atoms with Crippen LogP contribution in [0, 0.1) is 11.8 Å². The molecule has 0 saturated carbocycles. The van der Waals surface area contributed by atoms with Crippen LogP contribution in [0.2, 0.25) is 0 Å². The van der Waals surface area contributed by atoms with Crippen molar-refractivity contribution in [2.24, 2.45) is 16.8 Å². The van der Waals surface area contributed by atoms with Crippen molar-refractivity contribution in [3.8, 4) is 5.75 Å². The Morgan fingerprint density at radius 1 is 0.842 bits per heavy atom. The Morgan fingerprint density at radius 3 is 2.13 bits per heavy atom. The van der Waals surface area contributed by atoms with Gasteiger partial charge in [0, 0.05) is 16.6 Å². The zero-order valence-electron chi connectivity index (χ0n) is 20.5. The second kappa shape index (κ2) is 8.50. The molecule has 0 aromatic heterocycles. The number of benzene rings is 4. The summed E-state index contributed by atoms with van der Waals surface area (Å²) in [5, 5.41) is 0. The summed E-state index contributed by atoms with van der Waals surface area (Å²) in [6.45, 7) is 0. The van der Waals surface area contributed by atoms with E-state index < -0.39 is 17.3 Å². The van der Waals surface area contributed by atoms with Gasteiger partial charge >= 0.3 is 0 Å². The fourth-order valence-electron chi connectivity index (χ4n) is 6.77. The van der Waals surface area contributed by atoms with Crippen LogP contribution >= 0.6 is 15.9 Å². The molecular weight excluding hydrogens is 540 g/mol. The van der Waals surface area contributed by atoms with Gasteiger partial charge in [-0.2, -0.15) is 0 Å². The highest BCUT2D eigenvalue weighted by Gasteiger charge is 2.67. The van der Waals surface area contributed by atoms with Gasteiger partial charge in [-0.05, 0) is 64.7 Å². The molecule has 2 bridgehead atoms. The first-order valence-corrected chi connectivity index (χ1v) is 13.4. The highest BCUT2D eigenvalue weighted by molar-refractivity contribution is 9.10. The van der Waals surface area contributed by atoms with Gasteiger partial charge in [0.2, 0.25) is 11.8 Å². The average molecular weight is 563 g/mol. The third kappa shape index (κ3) is 3.07. The molecule has 0 unspecified atom stereocenters. The SMILES string of the molecule is COc1ccc(N2C(=O)[C@@H]3C4c5ccccc5C(C=Nc5cccc(Br)c5)(c5ccccc54)[C@H]3C2=O)cc1. The molecule has 3 aliphatic carbocycles. The molecule has 2 amide bonds. The summed E-state index contributed by atoms with van der Waals surface area (Å²) < 4.78 is 6.22. The lowest BCUT2D eigenvalue weighted by Crippen LogP contribution is -2.54. The van der Waals surface area contributed by atoms with E-state index >= 15 is 0 Å². The van der Waals surface area contributed by atoms with Gasteiger partial charge in [-0.25, -0.2) is 4.90 Å². The molecule has 1 fully saturated rings. The largest absolute Gasteiger partial charge is 0.497 e. The number of rotatable bonds is 4. The number of carbonyl (C=O) groups is 2. The highest BCUT2D eigenvalue weighted by atomic mass is 79.9. The Kier molecular flexibility index (Phi) is 5.17. The zero-order valence-corrected chi connectivity index (χ0v) is 22.1. The number of halogens is 1. The Bertz CT molecular complexity index is 1600. The summed E-state index contributed by atoms with van der Waals surface area (Å²) in [4.78, 5) is 34.9. The van der Waals surface area contributed by atoms with Crippen molar-refractivity contribution in [3.63, 3.8) is 0 Å². The lowest BCUT2D eigenvalue weighted by molar-refractivity contribution is -0.122. The molecule has 1 aliphatic heterocycles. The molecule has 186 valence electrons. The number of nitrogens with zero attached hydrogens (tertiary/aromatic N) is 2. The number of anilines is 1. The monoisotopic (exact) mass is 562 g/mol. The summed E-state index contributed by atoms with van der Waals surface area (Å²) in [5.41, 5.74) is 4.71. The van der Waals surface area contributed by atoms with E-state index in [1.165, 1.54) is 4.90 Å². The minimum Gasteiger partial charge on any atom is -0.497 e. The van der Waals surface area contributed by atoms with Gasteiger partial charge < -0.3 is 4.74 Å². The van der Waals surface area contributed by atoms with Crippen LogP contribution < -0.4 is 9.64 Å². The Balaban J connectivity index is 1.48. The number of imide groups is 1. The molecule has 4 aromatic rings. The van der Waals surface area contributed by atoms with Gasteiger partial charge in [0.05, 0.1) is 35.7 Å². The number of aliphatic imine (C=N–C) groups is 1. The first-order valence-electron chi connectivity index (χ1n) is 12.6. The lowest BCUT2D eigenvalue weighted by atomic mass is 9.47. The molecule has 1 heterocycles. The summed E-state index contributed by atoms with van der Waals surface area (Å²) in [7, 11) is 1.59. The van der Waals surface area contributed by atoms with Crippen molar-refractivity contribution in [3.05, 3.63) is 124 Å². The molecule has 4 aromatic carbocycles. The van der Waals surface area contributed by atoms with Crippen LogP contribution in [-0.4, -0.2) is 25.1 Å². The molecule has 38 heavy (non-hydrogen) atoms. The summed E-state index contributed by atoms with van der Waals surface area (Å²) in [6.07, 6.45) is 1.92. The fraction of sp³-hybridized carbons (Fsp3) is 0.156. The third-order valence-electron chi connectivity index (χ3n) is 8.24. The van der Waals surface area contributed by atoms with Crippen molar-refractivity contribution < 1.29 is 14.3 Å². The van der Waals surface area contributed by atoms with Crippen molar-refractivity contribution in [1.29, 1.82) is 0 Å². The first kappa shape index (κ1) is 23.1. The predicted molar refractivity (Wildman–Crippen MR) is 150 cm³/mol. The normalized spacial score (nSPS) is 24.9. The number of carbonyl (C=O) groups excluding carboxylic acids is 2. The smallest absolute Gasteiger partial charge is 0.239 e. The molecule has 0 radical (unpaired) electrons. The van der Waals surface area contributed by atoms with Gasteiger partial charge in [-0.3, -0.25) is 14.6 Å². The Hall–Kier alpha value is -4.03. The van der Waals surface area contributed by atoms with Gasteiger partial charge in [0.25, 0.3) is 0 Å². The standard InChI is InChI=1S/C32H23BrN2O3/c1-38-22-15-13-21(14-16-22)35-30(36)28-27-23-9-2-4-11-25(23)32(29(28)31(35)37,26-12-5-3-10-24(26)27)18-34-20-8-6-7-19(33)17-20/h2-18,27-29H,1H3/t27?,28-,29-,32?/m1/s1. The number of ether oxygens (including phenoxy) is 1. The lowest BCUT2D eigenvalue weighted by Gasteiger charge is -2.52. The molecular formula is C32H23BrN2O3. The first-order chi connectivity index (χ1) is 18.5. The number of hydrogen-bond acceptors (Lipinski definition) is 4. The van der Waals surface area contributed by atoms with Gasteiger partial charge in [-0.1, -0.05) is 70.5 Å². The van der Waals surface area contributed by atoms with E-state index in [4.69, 9.17) is 9.73 Å². The van der Waals surface area contributed by atoms with E-state index in [0.717, 1.165) is 32.4 Å². The minimum atomic E-state index is -0.886. The molecule has 0 N–H and O–H groups in total. The third-order valence-corrected chi connectivity index (χ3v) is 8.73. The second-order valence-corrected chi connectivity index (χ2v) is 10.9. The van der Waals surface area contributed by atoms with Crippen LogP contribution in [0.4, 0.5) is 11.4 Å². The highest BCUT2D eigenvalue weighted by Crippen LogP contribution is 2.63. The van der Waals surface area contributed by atoms with Gasteiger partial charge in [0.1, 0.15) is 5.75 Å². The van der Waals surface area contributed by atoms with Crippen molar-refractivity contribution in [2.45, 2.75) is 11.3 Å². The van der Waals surface area contributed by atoms with Crippen molar-refractivity contribution in [1.82, 2.24) is 0 Å². The van der Waals surface area contributed by atoms with Crippen LogP contribution in [0.15, 0.2) is 107 Å². The maximum absolute atomic E-state index is 14.4. The summed E-state index contributed by atoms with van der Waals surface area (Å²) >= 11 is 3.54. The van der Waals surface area contributed by atoms with Crippen LogP contribution in [0.25, 0.3) is 0 Å². The maximum atomic E-state index is 14.4. The topological polar surface area (TPSA) is 59.0 Å². The molecule has 5 nitrogen and oxygen atoms in total. The average Bonchev–Trinajstić information content (AvgIpc) is 3.23. The van der Waals surface area contributed by atoms with Crippen LogP contribution in [0.5, 0.6) is 5.75 Å². The van der Waals surface area contributed by atoms with E-state index in [2.05, 4.69) is 40.2 Å². The van der Waals surface area contributed by atoms with Gasteiger partial charge in [0.15, 0.2) is 0 Å². The predicted octanol–water partition coefficient (Wildman–Crippen LogP) is 6.41. The van der Waals surface area contributed by atoms with E-state index in [9.17, 15) is 9.59 Å². The van der Waals surface area contributed by atoms with Crippen LogP contribution in [-0.2, 0) is 15.0 Å². The molecule has 6 heteroatoms. The van der Waals surface area contributed by atoms with E-state index in [-0.39, 0.29) is 17.7 Å². The Labute approximate surface area is 228 Å². The van der Waals surface area contributed by atoms with Crippen molar-refractivity contribution in [2.75, 3.05) is 12.0 Å². The quantitative estimate of drug-likeness (QED) is 0.213. The van der Waals surface area contributed by atoms with Crippen molar-refractivity contribution >= 4 is 45.3 Å². The molecule has 0 spiro atoms. The zero-order chi connectivity index (χ0) is 26.0. The fourth-order valence-corrected chi connectivity index (χ4v) is 7.16. The summed E-state index contributed by atoms with van der Waals surface area (Å²) in [5.74, 6) is -1.03. The number of amides is 2. The van der Waals surface area contributed by atoms with Crippen LogP contribution in [0.3, 0.4) is 0 Å².